The molecule has 0 aromatic heterocycles. The number of carbonyl (C=O) groups excluding carboxylic acids is 1. The molecule has 0 aromatic rings. The number of likely N-dealkylation sites (tertiary alicyclic amines) is 2. The van der Waals surface area contributed by atoms with E-state index in [0.29, 0.717) is 12.5 Å². The molecule has 0 saturated carbocycles. The zero-order valence-electron chi connectivity index (χ0n) is 19.9. The van der Waals surface area contributed by atoms with Gasteiger partial charge in [-0.1, -0.05) is 0 Å². The minimum atomic E-state index is -0.445. The second-order valence-corrected chi connectivity index (χ2v) is 9.62. The van der Waals surface area contributed by atoms with Gasteiger partial charge in [-0.3, -0.25) is 4.99 Å². The smallest absolute Gasteiger partial charge is 0.410 e. The molecule has 2 rings (SSSR count). The highest BCUT2D eigenvalue weighted by Gasteiger charge is 2.27. The van der Waals surface area contributed by atoms with Crippen LogP contribution in [0.2, 0.25) is 0 Å². The molecule has 1 amide bonds. The van der Waals surface area contributed by atoms with Crippen molar-refractivity contribution in [2.45, 2.75) is 59.0 Å². The fraction of sp³-hybridized carbons (Fsp3) is 0.909. The fourth-order valence-corrected chi connectivity index (χ4v) is 4.13. The topological polar surface area (TPSA) is 60.4 Å². The van der Waals surface area contributed by atoms with Gasteiger partial charge in [-0.05, 0) is 85.4 Å². The summed E-state index contributed by atoms with van der Waals surface area (Å²) in [5, 5.41) is 3.61. The number of nitrogens with zero attached hydrogens (tertiary/aromatic N) is 4. The Morgan fingerprint density at radius 3 is 2.17 bits per heavy atom. The van der Waals surface area contributed by atoms with Crippen LogP contribution in [0.1, 0.15) is 53.4 Å². The number of carbonyl (C=O) groups is 1. The zero-order valence-corrected chi connectivity index (χ0v) is 22.3. The monoisotopic (exact) mass is 537 g/mol. The summed E-state index contributed by atoms with van der Waals surface area (Å²) in [5.41, 5.74) is -0.445. The van der Waals surface area contributed by atoms with Gasteiger partial charge < -0.3 is 24.8 Å². The van der Waals surface area contributed by atoms with E-state index < -0.39 is 5.60 Å². The van der Waals surface area contributed by atoms with Crippen LogP contribution in [-0.2, 0) is 4.74 Å². The van der Waals surface area contributed by atoms with Crippen molar-refractivity contribution in [2.24, 2.45) is 16.8 Å². The van der Waals surface area contributed by atoms with E-state index in [4.69, 9.17) is 4.74 Å². The molecule has 0 aliphatic carbocycles. The van der Waals surface area contributed by atoms with E-state index in [1.807, 2.05) is 39.6 Å². The van der Waals surface area contributed by atoms with Crippen LogP contribution in [0.3, 0.4) is 0 Å². The average Bonchev–Trinajstić information content (AvgIpc) is 2.67. The molecule has 176 valence electrons. The van der Waals surface area contributed by atoms with Crippen molar-refractivity contribution in [3.05, 3.63) is 0 Å². The lowest BCUT2D eigenvalue weighted by Gasteiger charge is -2.37. The molecule has 2 aliphatic heterocycles. The standard InChI is InChI=1S/C22H43N5O2.HI/c1-7-26(21(28)29-22(2,3)4)17-19-10-14-27(15-11-19)20(23-5)24-16-18-8-12-25(6)13-9-18;/h18-19H,7-17H2,1-6H3,(H,23,24);1H. The van der Waals surface area contributed by atoms with E-state index in [0.717, 1.165) is 50.9 Å². The van der Waals surface area contributed by atoms with Crippen LogP contribution < -0.4 is 5.32 Å². The van der Waals surface area contributed by atoms with Crippen molar-refractivity contribution in [1.82, 2.24) is 20.0 Å². The number of rotatable bonds is 5. The molecule has 0 spiro atoms. The Hall–Kier alpha value is -0.770. The molecule has 2 fully saturated rings. The SMILES string of the molecule is CCN(CC1CCN(C(=NC)NCC2CCN(C)CC2)CC1)C(=O)OC(C)(C)C.I. The molecule has 1 N–H and O–H groups in total. The molecule has 0 atom stereocenters. The van der Waals surface area contributed by atoms with Crippen molar-refractivity contribution in [2.75, 3.05) is 59.9 Å². The van der Waals surface area contributed by atoms with Crippen molar-refractivity contribution in [3.8, 4) is 0 Å². The van der Waals surface area contributed by atoms with Gasteiger partial charge in [-0.25, -0.2) is 4.79 Å². The summed E-state index contributed by atoms with van der Waals surface area (Å²) in [6, 6.07) is 0. The summed E-state index contributed by atoms with van der Waals surface area (Å²) < 4.78 is 5.55. The van der Waals surface area contributed by atoms with Gasteiger partial charge in [0.1, 0.15) is 5.60 Å². The Bertz CT molecular complexity index is 536. The van der Waals surface area contributed by atoms with Gasteiger partial charge in [-0.2, -0.15) is 0 Å². The molecular weight excluding hydrogens is 493 g/mol. The van der Waals surface area contributed by atoms with Crippen LogP contribution in [0, 0.1) is 11.8 Å². The van der Waals surface area contributed by atoms with Crippen LogP contribution in [0.15, 0.2) is 4.99 Å². The number of guanidine groups is 1. The third kappa shape index (κ3) is 9.16. The first-order valence-electron chi connectivity index (χ1n) is 11.3. The molecule has 0 bridgehead atoms. The third-order valence-electron chi connectivity index (χ3n) is 6.02. The molecule has 2 heterocycles. The Labute approximate surface area is 201 Å². The van der Waals surface area contributed by atoms with Crippen molar-refractivity contribution in [3.63, 3.8) is 0 Å². The van der Waals surface area contributed by atoms with Crippen LogP contribution >= 0.6 is 24.0 Å². The lowest BCUT2D eigenvalue weighted by Crippen LogP contribution is -2.49. The van der Waals surface area contributed by atoms with Crippen molar-refractivity contribution < 1.29 is 9.53 Å². The van der Waals surface area contributed by atoms with Gasteiger partial charge in [0, 0.05) is 39.8 Å². The first kappa shape index (κ1) is 27.3. The van der Waals surface area contributed by atoms with Crippen LogP contribution in [-0.4, -0.2) is 92.3 Å². The number of hydrogen-bond donors (Lipinski definition) is 1. The van der Waals surface area contributed by atoms with Crippen molar-refractivity contribution in [1.29, 1.82) is 0 Å². The first-order valence-corrected chi connectivity index (χ1v) is 11.3. The third-order valence-corrected chi connectivity index (χ3v) is 6.02. The van der Waals surface area contributed by atoms with Crippen molar-refractivity contribution >= 4 is 36.0 Å². The summed E-state index contributed by atoms with van der Waals surface area (Å²) in [4.78, 5) is 23.5. The van der Waals surface area contributed by atoms with Gasteiger partial charge in [0.2, 0.25) is 0 Å². The normalized spacial score (nSPS) is 19.9. The largest absolute Gasteiger partial charge is 0.444 e. The maximum absolute atomic E-state index is 12.4. The second kappa shape index (κ2) is 12.9. The number of ether oxygens (including phenoxy) is 1. The molecule has 2 aliphatic rings. The lowest BCUT2D eigenvalue weighted by molar-refractivity contribution is 0.0214. The lowest BCUT2D eigenvalue weighted by atomic mass is 9.96. The zero-order chi connectivity index (χ0) is 21.4. The van der Waals surface area contributed by atoms with E-state index in [1.165, 1.54) is 25.9 Å². The summed E-state index contributed by atoms with van der Waals surface area (Å²) in [5.74, 6) is 2.29. The number of amides is 1. The Balaban J connectivity index is 0.00000450. The number of aliphatic imine (C=N–C) groups is 1. The number of halogens is 1. The molecule has 30 heavy (non-hydrogen) atoms. The van der Waals surface area contributed by atoms with Gasteiger partial charge in [-0.15, -0.1) is 24.0 Å². The average molecular weight is 538 g/mol. The predicted molar refractivity (Wildman–Crippen MR) is 135 cm³/mol. The quantitative estimate of drug-likeness (QED) is 0.331. The second-order valence-electron chi connectivity index (χ2n) is 9.62. The number of nitrogens with one attached hydrogen (secondary N) is 1. The van der Waals surface area contributed by atoms with Gasteiger partial charge in [0.15, 0.2) is 5.96 Å². The molecular formula is C22H44IN5O2. The van der Waals surface area contributed by atoms with E-state index >= 15 is 0 Å². The van der Waals surface area contributed by atoms with E-state index in [2.05, 4.69) is 27.2 Å². The fourth-order valence-electron chi connectivity index (χ4n) is 4.13. The first-order chi connectivity index (χ1) is 13.7. The highest BCUT2D eigenvalue weighted by atomic mass is 127. The van der Waals surface area contributed by atoms with E-state index in [1.54, 1.807) is 0 Å². The molecule has 8 heteroatoms. The minimum Gasteiger partial charge on any atom is -0.444 e. The van der Waals surface area contributed by atoms with Gasteiger partial charge in [0.05, 0.1) is 0 Å². The van der Waals surface area contributed by atoms with Crippen LogP contribution in [0.4, 0.5) is 4.79 Å². The summed E-state index contributed by atoms with van der Waals surface area (Å²) in [7, 11) is 4.08. The Kier molecular flexibility index (Phi) is 11.8. The molecule has 2 saturated heterocycles. The molecule has 0 aromatic carbocycles. The van der Waals surface area contributed by atoms with E-state index in [-0.39, 0.29) is 30.1 Å². The Morgan fingerprint density at radius 1 is 1.10 bits per heavy atom. The summed E-state index contributed by atoms with van der Waals surface area (Å²) in [6.45, 7) is 14.6. The highest BCUT2D eigenvalue weighted by molar-refractivity contribution is 14.0. The van der Waals surface area contributed by atoms with Gasteiger partial charge >= 0.3 is 6.09 Å². The minimum absolute atomic E-state index is 0. The van der Waals surface area contributed by atoms with Crippen LogP contribution in [0.25, 0.3) is 0 Å². The highest BCUT2D eigenvalue weighted by Crippen LogP contribution is 2.20. The number of piperidine rings is 2. The molecule has 7 nitrogen and oxygen atoms in total. The predicted octanol–water partition coefficient (Wildman–Crippen LogP) is 3.49. The summed E-state index contributed by atoms with van der Waals surface area (Å²) in [6.07, 6.45) is 4.49. The van der Waals surface area contributed by atoms with E-state index in [9.17, 15) is 4.79 Å². The molecule has 0 unspecified atom stereocenters. The molecule has 0 radical (unpaired) electrons. The summed E-state index contributed by atoms with van der Waals surface area (Å²) >= 11 is 0. The maximum atomic E-state index is 12.4. The van der Waals surface area contributed by atoms with Gasteiger partial charge in [0.25, 0.3) is 0 Å². The number of hydrogen-bond acceptors (Lipinski definition) is 4. The maximum Gasteiger partial charge on any atom is 0.410 e. The van der Waals surface area contributed by atoms with Crippen LogP contribution in [0.5, 0.6) is 0 Å². The Morgan fingerprint density at radius 2 is 1.67 bits per heavy atom.